The summed E-state index contributed by atoms with van der Waals surface area (Å²) in [5.41, 5.74) is 0. The van der Waals surface area contributed by atoms with Crippen molar-refractivity contribution in [3.63, 3.8) is 0 Å². The first-order valence-electron chi connectivity index (χ1n) is 7.02. The molecule has 0 amide bonds. The summed E-state index contributed by atoms with van der Waals surface area (Å²) in [6, 6.07) is 0. The number of hydrogen-bond donors (Lipinski definition) is 0. The zero-order valence-electron chi connectivity index (χ0n) is 12.4. The molecular formula is C13H26O5Si. The molecule has 0 bridgehead atoms. The van der Waals surface area contributed by atoms with E-state index in [-0.39, 0.29) is 6.10 Å². The van der Waals surface area contributed by atoms with E-state index in [9.17, 15) is 0 Å². The first-order valence-corrected chi connectivity index (χ1v) is 7.84. The Morgan fingerprint density at radius 1 is 1.16 bits per heavy atom. The van der Waals surface area contributed by atoms with Crippen LogP contribution in [0.2, 0.25) is 0 Å². The second-order valence-corrected chi connectivity index (χ2v) is 5.88. The topological polar surface area (TPSA) is 49.5 Å². The predicted octanol–water partition coefficient (Wildman–Crippen LogP) is 0.593. The first kappa shape index (κ1) is 15.4. The number of hydrogen-bond acceptors (Lipinski definition) is 5. The maximum Gasteiger partial charge on any atom is 0.308 e. The van der Waals surface area contributed by atoms with Crippen LogP contribution < -0.4 is 0 Å². The van der Waals surface area contributed by atoms with Crippen LogP contribution in [-0.4, -0.2) is 56.1 Å². The molecule has 4 unspecified atom stereocenters. The van der Waals surface area contributed by atoms with Crippen molar-refractivity contribution in [2.45, 2.75) is 56.4 Å². The highest BCUT2D eigenvalue weighted by Crippen LogP contribution is 2.41. The highest BCUT2D eigenvalue weighted by Gasteiger charge is 2.45. The van der Waals surface area contributed by atoms with E-state index in [2.05, 4.69) is 0 Å². The van der Waals surface area contributed by atoms with Gasteiger partial charge in [0.1, 0.15) is 16.6 Å². The summed E-state index contributed by atoms with van der Waals surface area (Å²) < 4.78 is 27.4. The van der Waals surface area contributed by atoms with E-state index in [1.807, 2.05) is 0 Å². The number of fused-ring (bicyclic) bond motifs is 1. The standard InChI is InChI=1S/C13H26O5Si/c1-14-13(15-2,16-3)12(18-19)7-5-9-4-6-10-11(8-9)17-10/h9-12H,4-8H2,1-3,19H3. The lowest BCUT2D eigenvalue weighted by Gasteiger charge is -2.36. The highest BCUT2D eigenvalue weighted by molar-refractivity contribution is 5.98. The number of rotatable bonds is 8. The molecule has 0 aromatic rings. The van der Waals surface area contributed by atoms with Gasteiger partial charge < -0.3 is 23.4 Å². The van der Waals surface area contributed by atoms with E-state index in [1.54, 1.807) is 21.3 Å². The van der Waals surface area contributed by atoms with E-state index in [1.165, 1.54) is 19.3 Å². The first-order chi connectivity index (χ1) is 9.19. The van der Waals surface area contributed by atoms with Crippen molar-refractivity contribution in [3.05, 3.63) is 0 Å². The predicted molar refractivity (Wildman–Crippen MR) is 73.8 cm³/mol. The van der Waals surface area contributed by atoms with Crippen LogP contribution >= 0.6 is 0 Å². The van der Waals surface area contributed by atoms with Gasteiger partial charge in [-0.1, -0.05) is 0 Å². The smallest absolute Gasteiger partial charge is 0.308 e. The quantitative estimate of drug-likeness (QED) is 0.372. The molecular weight excluding hydrogens is 264 g/mol. The fourth-order valence-electron chi connectivity index (χ4n) is 3.22. The Morgan fingerprint density at radius 2 is 1.84 bits per heavy atom. The van der Waals surface area contributed by atoms with Crippen LogP contribution in [0.1, 0.15) is 32.1 Å². The summed E-state index contributed by atoms with van der Waals surface area (Å²) in [6.07, 6.45) is 6.60. The zero-order chi connectivity index (χ0) is 13.9. The van der Waals surface area contributed by atoms with Gasteiger partial charge in [0.2, 0.25) is 0 Å². The number of ether oxygens (including phenoxy) is 4. The van der Waals surface area contributed by atoms with Crippen LogP contribution in [0.5, 0.6) is 0 Å². The van der Waals surface area contributed by atoms with Gasteiger partial charge in [0.25, 0.3) is 0 Å². The van der Waals surface area contributed by atoms with Gasteiger partial charge in [-0.3, -0.25) is 0 Å². The molecule has 1 saturated carbocycles. The molecule has 2 fully saturated rings. The Bertz CT molecular complexity index is 276. The third kappa shape index (κ3) is 3.37. The van der Waals surface area contributed by atoms with Gasteiger partial charge in [0.05, 0.1) is 12.2 Å². The molecule has 0 radical (unpaired) electrons. The monoisotopic (exact) mass is 290 g/mol. The summed E-state index contributed by atoms with van der Waals surface area (Å²) in [4.78, 5) is 0. The molecule has 1 aliphatic heterocycles. The van der Waals surface area contributed by atoms with E-state index in [0.29, 0.717) is 22.7 Å². The Hall–Kier alpha value is 0.0169. The van der Waals surface area contributed by atoms with Crippen molar-refractivity contribution in [2.75, 3.05) is 21.3 Å². The Balaban J connectivity index is 1.83. The van der Waals surface area contributed by atoms with Crippen molar-refractivity contribution in [1.82, 2.24) is 0 Å². The molecule has 2 aliphatic rings. The molecule has 2 rings (SSSR count). The van der Waals surface area contributed by atoms with Crippen LogP contribution in [0, 0.1) is 5.92 Å². The van der Waals surface area contributed by atoms with Crippen molar-refractivity contribution >= 4 is 10.5 Å². The molecule has 112 valence electrons. The van der Waals surface area contributed by atoms with Gasteiger partial charge in [-0.15, -0.1) is 0 Å². The van der Waals surface area contributed by atoms with E-state index >= 15 is 0 Å². The summed E-state index contributed by atoms with van der Waals surface area (Å²) in [5, 5.41) is 0. The van der Waals surface area contributed by atoms with Crippen molar-refractivity contribution in [3.8, 4) is 0 Å². The molecule has 0 aromatic carbocycles. The molecule has 5 nitrogen and oxygen atoms in total. The lowest BCUT2D eigenvalue weighted by Crippen LogP contribution is -2.49. The summed E-state index contributed by atoms with van der Waals surface area (Å²) in [5.74, 6) is -0.346. The van der Waals surface area contributed by atoms with Gasteiger partial charge in [-0.05, 0) is 38.0 Å². The van der Waals surface area contributed by atoms with Gasteiger partial charge in [-0.2, -0.15) is 0 Å². The molecule has 4 atom stereocenters. The number of epoxide rings is 1. The van der Waals surface area contributed by atoms with Gasteiger partial charge >= 0.3 is 5.97 Å². The van der Waals surface area contributed by atoms with Gasteiger partial charge in [0, 0.05) is 21.3 Å². The van der Waals surface area contributed by atoms with Crippen LogP contribution in [-0.2, 0) is 23.4 Å². The Morgan fingerprint density at radius 3 is 2.37 bits per heavy atom. The SMILES string of the molecule is COC(OC)(OC)C(CCC1CCC2OC2C1)O[SiH3]. The third-order valence-electron chi connectivity index (χ3n) is 4.48. The summed E-state index contributed by atoms with van der Waals surface area (Å²) in [7, 11) is 5.40. The normalized spacial score (nSPS) is 32.1. The maximum absolute atomic E-state index is 5.65. The van der Waals surface area contributed by atoms with Crippen molar-refractivity contribution in [2.24, 2.45) is 5.92 Å². The minimum absolute atomic E-state index is 0.169. The summed E-state index contributed by atoms with van der Waals surface area (Å²) in [6.45, 7) is 0. The molecule has 0 spiro atoms. The highest BCUT2D eigenvalue weighted by atomic mass is 28.2. The average Bonchev–Trinajstić information content (AvgIpc) is 3.22. The largest absolute Gasteiger partial charge is 0.417 e. The lowest BCUT2D eigenvalue weighted by atomic mass is 9.85. The Kier molecular flexibility index (Phi) is 5.39. The third-order valence-corrected chi connectivity index (χ3v) is 5.05. The van der Waals surface area contributed by atoms with E-state index in [4.69, 9.17) is 23.4 Å². The fourth-order valence-corrected chi connectivity index (χ4v) is 3.74. The van der Waals surface area contributed by atoms with E-state index < -0.39 is 5.97 Å². The van der Waals surface area contributed by atoms with Crippen molar-refractivity contribution < 1.29 is 23.4 Å². The molecule has 0 aromatic heterocycles. The molecule has 19 heavy (non-hydrogen) atoms. The van der Waals surface area contributed by atoms with Crippen LogP contribution in [0.25, 0.3) is 0 Å². The van der Waals surface area contributed by atoms with Crippen molar-refractivity contribution in [1.29, 1.82) is 0 Å². The number of methoxy groups -OCH3 is 3. The van der Waals surface area contributed by atoms with E-state index in [0.717, 1.165) is 18.8 Å². The molecule has 0 N–H and O–H groups in total. The summed E-state index contributed by atoms with van der Waals surface area (Å²) >= 11 is 0. The molecule has 1 saturated heterocycles. The van der Waals surface area contributed by atoms with Gasteiger partial charge in [-0.25, -0.2) is 0 Å². The zero-order valence-corrected chi connectivity index (χ0v) is 14.4. The fraction of sp³-hybridized carbons (Fsp3) is 1.00. The average molecular weight is 290 g/mol. The van der Waals surface area contributed by atoms with Crippen LogP contribution in [0.4, 0.5) is 0 Å². The lowest BCUT2D eigenvalue weighted by molar-refractivity contribution is -0.385. The molecule has 1 heterocycles. The second-order valence-electron chi connectivity index (χ2n) is 5.41. The minimum atomic E-state index is -1.07. The Labute approximate surface area is 118 Å². The maximum atomic E-state index is 5.65. The second kappa shape index (κ2) is 6.65. The minimum Gasteiger partial charge on any atom is -0.417 e. The van der Waals surface area contributed by atoms with Crippen LogP contribution in [0.15, 0.2) is 0 Å². The molecule has 1 aliphatic carbocycles. The van der Waals surface area contributed by atoms with Gasteiger partial charge in [0.15, 0.2) is 0 Å². The van der Waals surface area contributed by atoms with Crippen LogP contribution in [0.3, 0.4) is 0 Å². The molecule has 6 heteroatoms.